The molecule has 0 bridgehead atoms. The molecule has 1 rings (SSSR count). The Morgan fingerprint density at radius 1 is 1.11 bits per heavy atom. The van der Waals surface area contributed by atoms with E-state index in [0.717, 1.165) is 25.7 Å². The van der Waals surface area contributed by atoms with Crippen LogP contribution in [-0.4, -0.2) is 29.8 Å². The second-order valence-electron chi connectivity index (χ2n) is 8.25. The van der Waals surface area contributed by atoms with Crippen molar-refractivity contribution in [1.82, 2.24) is 5.32 Å². The molecule has 19 heavy (non-hydrogen) atoms. The van der Waals surface area contributed by atoms with Gasteiger partial charge >= 0.3 is 0 Å². The van der Waals surface area contributed by atoms with Gasteiger partial charge in [0.2, 0.25) is 0 Å². The van der Waals surface area contributed by atoms with Crippen molar-refractivity contribution in [2.45, 2.75) is 78.3 Å². The van der Waals surface area contributed by atoms with Crippen LogP contribution in [0, 0.1) is 10.8 Å². The summed E-state index contributed by atoms with van der Waals surface area (Å²) in [4.78, 5) is 0. The number of rotatable bonds is 6. The molecular weight excluding hydrogens is 236 g/mol. The molecule has 1 fully saturated rings. The van der Waals surface area contributed by atoms with Crippen molar-refractivity contribution in [2.24, 2.45) is 16.6 Å². The SMILES string of the molecule is CC(CCCO)NC1(CN)CC(C)(C)CC(C)(C)C1. The summed E-state index contributed by atoms with van der Waals surface area (Å²) < 4.78 is 0. The normalized spacial score (nSPS) is 26.1. The van der Waals surface area contributed by atoms with Crippen LogP contribution in [0.5, 0.6) is 0 Å². The van der Waals surface area contributed by atoms with E-state index in [4.69, 9.17) is 10.8 Å². The molecule has 0 saturated heterocycles. The van der Waals surface area contributed by atoms with Gasteiger partial charge in [0.15, 0.2) is 0 Å². The summed E-state index contributed by atoms with van der Waals surface area (Å²) in [7, 11) is 0. The van der Waals surface area contributed by atoms with Crippen molar-refractivity contribution in [3.63, 3.8) is 0 Å². The van der Waals surface area contributed by atoms with Crippen LogP contribution in [0.4, 0.5) is 0 Å². The van der Waals surface area contributed by atoms with Crippen LogP contribution in [0.1, 0.15) is 66.7 Å². The van der Waals surface area contributed by atoms with E-state index in [1.807, 2.05) is 0 Å². The van der Waals surface area contributed by atoms with E-state index in [-0.39, 0.29) is 12.1 Å². The van der Waals surface area contributed by atoms with Gasteiger partial charge in [-0.25, -0.2) is 0 Å². The minimum Gasteiger partial charge on any atom is -0.396 e. The molecule has 0 aliphatic heterocycles. The van der Waals surface area contributed by atoms with Crippen LogP contribution in [0.15, 0.2) is 0 Å². The van der Waals surface area contributed by atoms with Gasteiger partial charge in [0.05, 0.1) is 0 Å². The predicted octanol–water partition coefficient (Wildman–Crippen LogP) is 2.67. The van der Waals surface area contributed by atoms with E-state index in [2.05, 4.69) is 39.9 Å². The molecule has 3 nitrogen and oxygen atoms in total. The zero-order chi connectivity index (χ0) is 14.7. The Balaban J connectivity index is 2.78. The Labute approximate surface area is 119 Å². The largest absolute Gasteiger partial charge is 0.396 e. The second kappa shape index (κ2) is 6.11. The maximum absolute atomic E-state index is 8.96. The summed E-state index contributed by atoms with van der Waals surface area (Å²) in [6, 6.07) is 0.417. The van der Waals surface area contributed by atoms with E-state index < -0.39 is 0 Å². The number of aliphatic hydroxyl groups is 1. The molecule has 1 saturated carbocycles. The lowest BCUT2D eigenvalue weighted by Crippen LogP contribution is -2.61. The minimum atomic E-state index is 0.0557. The summed E-state index contributed by atoms with van der Waals surface area (Å²) in [5, 5.41) is 12.7. The van der Waals surface area contributed by atoms with Gasteiger partial charge in [0.25, 0.3) is 0 Å². The highest BCUT2D eigenvalue weighted by molar-refractivity contribution is 5.04. The molecule has 0 aromatic carbocycles. The topological polar surface area (TPSA) is 58.3 Å². The highest BCUT2D eigenvalue weighted by Crippen LogP contribution is 2.49. The quantitative estimate of drug-likeness (QED) is 0.695. The van der Waals surface area contributed by atoms with Gasteiger partial charge in [-0.05, 0) is 49.9 Å². The molecule has 1 unspecified atom stereocenters. The fourth-order valence-electron chi connectivity index (χ4n) is 4.61. The van der Waals surface area contributed by atoms with Crippen molar-refractivity contribution in [1.29, 1.82) is 0 Å². The van der Waals surface area contributed by atoms with E-state index in [1.165, 1.54) is 6.42 Å². The second-order valence-corrected chi connectivity index (χ2v) is 8.25. The minimum absolute atomic E-state index is 0.0557. The van der Waals surface area contributed by atoms with Crippen molar-refractivity contribution >= 4 is 0 Å². The molecule has 0 amide bonds. The van der Waals surface area contributed by atoms with Crippen molar-refractivity contribution in [3.8, 4) is 0 Å². The Kier molecular flexibility index (Phi) is 5.44. The molecule has 0 spiro atoms. The summed E-state index contributed by atoms with van der Waals surface area (Å²) in [6.07, 6.45) is 5.42. The number of nitrogens with two attached hydrogens (primary N) is 1. The Morgan fingerprint density at radius 3 is 2.05 bits per heavy atom. The van der Waals surface area contributed by atoms with Crippen LogP contribution in [0.3, 0.4) is 0 Å². The Morgan fingerprint density at radius 2 is 1.63 bits per heavy atom. The third kappa shape index (κ3) is 5.05. The monoisotopic (exact) mass is 270 g/mol. The first kappa shape index (κ1) is 16.9. The lowest BCUT2D eigenvalue weighted by molar-refractivity contribution is 0.0263. The summed E-state index contributed by atoms with van der Waals surface area (Å²) in [6.45, 7) is 12.6. The average molecular weight is 270 g/mol. The zero-order valence-corrected chi connectivity index (χ0v) is 13.6. The molecule has 0 radical (unpaired) electrons. The Hall–Kier alpha value is -0.120. The third-order valence-corrected chi connectivity index (χ3v) is 4.33. The van der Waals surface area contributed by atoms with E-state index in [1.54, 1.807) is 0 Å². The van der Waals surface area contributed by atoms with Crippen molar-refractivity contribution in [2.75, 3.05) is 13.2 Å². The zero-order valence-electron chi connectivity index (χ0n) is 13.6. The van der Waals surface area contributed by atoms with E-state index in [0.29, 0.717) is 23.4 Å². The van der Waals surface area contributed by atoms with Crippen LogP contribution < -0.4 is 11.1 Å². The molecule has 1 atom stereocenters. The summed E-state index contributed by atoms with van der Waals surface area (Å²) in [5.74, 6) is 0. The predicted molar refractivity (Wildman–Crippen MR) is 82.1 cm³/mol. The highest BCUT2D eigenvalue weighted by atomic mass is 16.2. The third-order valence-electron chi connectivity index (χ3n) is 4.33. The van der Waals surface area contributed by atoms with Gasteiger partial charge in [-0.2, -0.15) is 0 Å². The molecule has 0 aromatic rings. The standard InChI is InChI=1S/C16H34N2O/c1-13(7-6-8-19)18-16(12-17)10-14(2,3)9-15(4,5)11-16/h13,18-19H,6-12,17H2,1-5H3. The van der Waals surface area contributed by atoms with Crippen molar-refractivity contribution < 1.29 is 5.11 Å². The van der Waals surface area contributed by atoms with Crippen LogP contribution in [0.2, 0.25) is 0 Å². The van der Waals surface area contributed by atoms with Crippen LogP contribution >= 0.6 is 0 Å². The highest BCUT2D eigenvalue weighted by Gasteiger charge is 2.46. The first-order valence-electron chi connectivity index (χ1n) is 7.72. The van der Waals surface area contributed by atoms with Crippen LogP contribution in [-0.2, 0) is 0 Å². The number of aliphatic hydroxyl groups excluding tert-OH is 1. The average Bonchev–Trinajstić information content (AvgIpc) is 2.21. The maximum atomic E-state index is 8.96. The molecule has 0 aromatic heterocycles. The number of nitrogens with one attached hydrogen (secondary N) is 1. The molecule has 4 N–H and O–H groups in total. The lowest BCUT2D eigenvalue weighted by Gasteiger charge is -2.53. The fraction of sp³-hybridized carbons (Fsp3) is 1.00. The summed E-state index contributed by atoms with van der Waals surface area (Å²) >= 11 is 0. The van der Waals surface area contributed by atoms with Gasteiger partial charge in [-0.3, -0.25) is 0 Å². The molecule has 1 aliphatic carbocycles. The number of hydrogen-bond acceptors (Lipinski definition) is 3. The molecular formula is C16H34N2O. The smallest absolute Gasteiger partial charge is 0.0431 e. The van der Waals surface area contributed by atoms with Gasteiger partial charge in [0.1, 0.15) is 0 Å². The molecule has 0 heterocycles. The molecule has 3 heteroatoms. The van der Waals surface area contributed by atoms with E-state index >= 15 is 0 Å². The van der Waals surface area contributed by atoms with Crippen LogP contribution in [0.25, 0.3) is 0 Å². The van der Waals surface area contributed by atoms with Gasteiger partial charge in [-0.15, -0.1) is 0 Å². The molecule has 1 aliphatic rings. The maximum Gasteiger partial charge on any atom is 0.0431 e. The van der Waals surface area contributed by atoms with Gasteiger partial charge in [-0.1, -0.05) is 27.7 Å². The van der Waals surface area contributed by atoms with E-state index in [9.17, 15) is 0 Å². The van der Waals surface area contributed by atoms with Gasteiger partial charge < -0.3 is 16.2 Å². The summed E-state index contributed by atoms with van der Waals surface area (Å²) in [5.41, 5.74) is 6.88. The van der Waals surface area contributed by atoms with Crippen molar-refractivity contribution in [3.05, 3.63) is 0 Å². The first-order chi connectivity index (χ1) is 8.64. The Bertz CT molecular complexity index is 270. The van der Waals surface area contributed by atoms with Gasteiger partial charge in [0, 0.05) is 24.7 Å². The lowest BCUT2D eigenvalue weighted by atomic mass is 9.58. The number of hydrogen-bond donors (Lipinski definition) is 3. The fourth-order valence-corrected chi connectivity index (χ4v) is 4.61. The molecule has 114 valence electrons. The first-order valence-corrected chi connectivity index (χ1v) is 7.72.